The molecule has 1 aliphatic heterocycles. The fourth-order valence-electron chi connectivity index (χ4n) is 1.59. The quantitative estimate of drug-likeness (QED) is 0.589. The summed E-state index contributed by atoms with van der Waals surface area (Å²) in [5.41, 5.74) is -0.748. The van der Waals surface area contributed by atoms with Gasteiger partial charge in [-0.2, -0.15) is 0 Å². The molecule has 1 heterocycles. The van der Waals surface area contributed by atoms with Gasteiger partial charge in [0, 0.05) is 0 Å². The first-order valence-corrected chi connectivity index (χ1v) is 4.64. The Hall–Kier alpha value is -1.06. The molecule has 72 valence electrons. The lowest BCUT2D eigenvalue weighted by atomic mass is 9.97. The highest BCUT2D eigenvalue weighted by atomic mass is 16.2. The number of carbonyl (C=O) groups excluding carboxylic acids is 2. The first kappa shape index (κ1) is 8.53. The minimum Gasteiger partial charge on any atom is -0.342 e. The lowest BCUT2D eigenvalue weighted by Gasteiger charge is -2.34. The average Bonchev–Trinajstić information content (AvgIpc) is 2.78. The van der Waals surface area contributed by atoms with E-state index < -0.39 is 5.54 Å². The SMILES string of the molecule is CC1(C)NC(=O)C(C2CC2)NC1=O. The van der Waals surface area contributed by atoms with Gasteiger partial charge >= 0.3 is 0 Å². The fraction of sp³-hybridized carbons (Fsp3) is 0.778. The van der Waals surface area contributed by atoms with Gasteiger partial charge in [-0.25, -0.2) is 0 Å². The molecule has 4 nitrogen and oxygen atoms in total. The van der Waals surface area contributed by atoms with Crippen LogP contribution in [-0.4, -0.2) is 23.4 Å². The van der Waals surface area contributed by atoms with Crippen molar-refractivity contribution in [3.63, 3.8) is 0 Å². The molecule has 1 aliphatic carbocycles. The Bertz CT molecular complexity index is 269. The zero-order valence-corrected chi connectivity index (χ0v) is 7.89. The third-order valence-corrected chi connectivity index (χ3v) is 2.67. The molecule has 2 fully saturated rings. The summed E-state index contributed by atoms with van der Waals surface area (Å²) in [5.74, 6) is 0.260. The summed E-state index contributed by atoms with van der Waals surface area (Å²) in [5, 5.41) is 5.49. The van der Waals surface area contributed by atoms with Gasteiger partial charge in [-0.1, -0.05) is 0 Å². The van der Waals surface area contributed by atoms with Gasteiger partial charge in [0.05, 0.1) is 0 Å². The predicted octanol–water partition coefficient (Wildman–Crippen LogP) is -0.210. The molecular formula is C9H14N2O2. The lowest BCUT2D eigenvalue weighted by molar-refractivity contribution is -0.140. The minimum absolute atomic E-state index is 0.0351. The van der Waals surface area contributed by atoms with Gasteiger partial charge < -0.3 is 10.6 Å². The Morgan fingerprint density at radius 3 is 2.46 bits per heavy atom. The van der Waals surface area contributed by atoms with Crippen molar-refractivity contribution in [3.05, 3.63) is 0 Å². The molecule has 13 heavy (non-hydrogen) atoms. The van der Waals surface area contributed by atoms with Crippen molar-refractivity contribution >= 4 is 11.8 Å². The number of amides is 2. The maximum absolute atomic E-state index is 11.5. The van der Waals surface area contributed by atoms with E-state index in [1.807, 2.05) is 0 Å². The summed E-state index contributed by atoms with van der Waals surface area (Å²) in [6, 6.07) is -0.277. The maximum atomic E-state index is 11.5. The topological polar surface area (TPSA) is 58.2 Å². The van der Waals surface area contributed by atoms with E-state index in [2.05, 4.69) is 10.6 Å². The Morgan fingerprint density at radius 1 is 1.31 bits per heavy atom. The van der Waals surface area contributed by atoms with Gasteiger partial charge in [0.15, 0.2) is 0 Å². The smallest absolute Gasteiger partial charge is 0.245 e. The highest BCUT2D eigenvalue weighted by molar-refractivity contribution is 5.99. The molecule has 1 saturated carbocycles. The van der Waals surface area contributed by atoms with Crippen LogP contribution >= 0.6 is 0 Å². The molecule has 2 aliphatic rings. The van der Waals surface area contributed by atoms with E-state index in [1.54, 1.807) is 13.8 Å². The van der Waals surface area contributed by atoms with Gasteiger partial charge in [0.2, 0.25) is 11.8 Å². The fourth-order valence-corrected chi connectivity index (χ4v) is 1.59. The van der Waals surface area contributed by atoms with E-state index >= 15 is 0 Å². The highest BCUT2D eigenvalue weighted by Gasteiger charge is 2.45. The number of hydrogen-bond donors (Lipinski definition) is 2. The number of piperazine rings is 1. The number of hydrogen-bond acceptors (Lipinski definition) is 2. The minimum atomic E-state index is -0.748. The van der Waals surface area contributed by atoms with Crippen molar-refractivity contribution in [2.75, 3.05) is 0 Å². The second kappa shape index (κ2) is 2.47. The second-order valence-corrected chi connectivity index (χ2v) is 4.40. The number of nitrogens with one attached hydrogen (secondary N) is 2. The van der Waals surface area contributed by atoms with Gasteiger partial charge in [-0.05, 0) is 32.6 Å². The molecule has 2 rings (SSSR count). The molecule has 4 heteroatoms. The van der Waals surface area contributed by atoms with E-state index in [0.29, 0.717) is 5.92 Å². The molecule has 1 unspecified atom stereocenters. The van der Waals surface area contributed by atoms with Crippen LogP contribution in [0, 0.1) is 5.92 Å². The standard InChI is InChI=1S/C9H14N2O2/c1-9(2)8(13)10-6(5-3-4-5)7(12)11-9/h5-6H,3-4H2,1-2H3,(H,10,13)(H,11,12). The highest BCUT2D eigenvalue weighted by Crippen LogP contribution is 2.34. The molecule has 0 aromatic heterocycles. The molecule has 2 amide bonds. The summed E-state index contributed by atoms with van der Waals surface area (Å²) in [6.45, 7) is 3.42. The summed E-state index contributed by atoms with van der Waals surface area (Å²) in [6.07, 6.45) is 2.11. The van der Waals surface area contributed by atoms with E-state index in [-0.39, 0.29) is 17.9 Å². The first-order valence-electron chi connectivity index (χ1n) is 4.64. The molecule has 1 atom stereocenters. The first-order chi connectivity index (χ1) is 6.00. The molecule has 2 N–H and O–H groups in total. The molecular weight excluding hydrogens is 168 g/mol. The zero-order valence-electron chi connectivity index (χ0n) is 7.89. The van der Waals surface area contributed by atoms with E-state index in [0.717, 1.165) is 12.8 Å². The number of rotatable bonds is 1. The van der Waals surface area contributed by atoms with Gasteiger partial charge in [-0.15, -0.1) is 0 Å². The molecule has 0 radical (unpaired) electrons. The molecule has 0 aromatic carbocycles. The van der Waals surface area contributed by atoms with Crippen LogP contribution < -0.4 is 10.6 Å². The van der Waals surface area contributed by atoms with Crippen LogP contribution in [0.25, 0.3) is 0 Å². The largest absolute Gasteiger partial charge is 0.342 e. The average molecular weight is 182 g/mol. The van der Waals surface area contributed by atoms with Crippen LogP contribution in [0.4, 0.5) is 0 Å². The van der Waals surface area contributed by atoms with Crippen molar-refractivity contribution < 1.29 is 9.59 Å². The summed E-state index contributed by atoms with van der Waals surface area (Å²) < 4.78 is 0. The summed E-state index contributed by atoms with van der Waals surface area (Å²) >= 11 is 0. The Kier molecular flexibility index (Phi) is 1.62. The van der Waals surface area contributed by atoms with Crippen LogP contribution in [0.2, 0.25) is 0 Å². The summed E-state index contributed by atoms with van der Waals surface area (Å²) in [7, 11) is 0. The second-order valence-electron chi connectivity index (χ2n) is 4.40. The van der Waals surface area contributed by atoms with Crippen molar-refractivity contribution in [1.82, 2.24) is 10.6 Å². The molecule has 0 bridgehead atoms. The van der Waals surface area contributed by atoms with Gasteiger partial charge in [0.25, 0.3) is 0 Å². The monoisotopic (exact) mass is 182 g/mol. The molecule has 0 spiro atoms. The van der Waals surface area contributed by atoms with E-state index in [4.69, 9.17) is 0 Å². The third-order valence-electron chi connectivity index (χ3n) is 2.67. The zero-order chi connectivity index (χ0) is 9.64. The Labute approximate surface area is 77.1 Å². The van der Waals surface area contributed by atoms with Crippen molar-refractivity contribution in [2.24, 2.45) is 5.92 Å². The van der Waals surface area contributed by atoms with Crippen LogP contribution in [0.5, 0.6) is 0 Å². The maximum Gasteiger partial charge on any atom is 0.245 e. The van der Waals surface area contributed by atoms with Crippen LogP contribution in [0.3, 0.4) is 0 Å². The van der Waals surface area contributed by atoms with Crippen LogP contribution in [0.15, 0.2) is 0 Å². The predicted molar refractivity (Wildman–Crippen MR) is 46.9 cm³/mol. The van der Waals surface area contributed by atoms with Crippen molar-refractivity contribution in [3.8, 4) is 0 Å². The normalized spacial score (nSPS) is 32.3. The molecule has 0 aromatic rings. The lowest BCUT2D eigenvalue weighted by Crippen LogP contribution is -2.67. The van der Waals surface area contributed by atoms with Crippen LogP contribution in [0.1, 0.15) is 26.7 Å². The van der Waals surface area contributed by atoms with Gasteiger partial charge in [0.1, 0.15) is 11.6 Å². The van der Waals surface area contributed by atoms with Crippen molar-refractivity contribution in [1.29, 1.82) is 0 Å². The Balaban J connectivity index is 2.12. The van der Waals surface area contributed by atoms with Crippen molar-refractivity contribution in [2.45, 2.75) is 38.3 Å². The van der Waals surface area contributed by atoms with E-state index in [1.165, 1.54) is 0 Å². The molecule has 1 saturated heterocycles. The Morgan fingerprint density at radius 2 is 1.92 bits per heavy atom. The number of carbonyl (C=O) groups is 2. The summed E-state index contributed by atoms with van der Waals surface area (Å²) in [4.78, 5) is 23.0. The third kappa shape index (κ3) is 1.41. The van der Waals surface area contributed by atoms with Crippen LogP contribution in [-0.2, 0) is 9.59 Å². The van der Waals surface area contributed by atoms with Gasteiger partial charge in [-0.3, -0.25) is 9.59 Å². The van der Waals surface area contributed by atoms with E-state index in [9.17, 15) is 9.59 Å².